The lowest BCUT2D eigenvalue weighted by Crippen LogP contribution is -2.46. The largest absolute Gasteiger partial charge is 0.493 e. The Bertz CT molecular complexity index is 511. The Labute approximate surface area is 125 Å². The van der Waals surface area contributed by atoms with Gasteiger partial charge in [-0.3, -0.25) is 4.79 Å². The third-order valence-electron chi connectivity index (χ3n) is 3.57. The molecule has 20 heavy (non-hydrogen) atoms. The summed E-state index contributed by atoms with van der Waals surface area (Å²) in [6.07, 6.45) is 0. The van der Waals surface area contributed by atoms with E-state index in [4.69, 9.17) is 16.3 Å². The topological polar surface area (TPSA) is 41.6 Å². The molecule has 0 aliphatic carbocycles. The molecule has 2 rings (SSSR count). The third kappa shape index (κ3) is 2.91. The first-order valence-electron chi connectivity index (χ1n) is 6.98. The van der Waals surface area contributed by atoms with Gasteiger partial charge in [0.15, 0.2) is 0 Å². The second kappa shape index (κ2) is 6.46. The summed E-state index contributed by atoms with van der Waals surface area (Å²) in [7, 11) is 0. The Morgan fingerprint density at radius 3 is 2.65 bits per heavy atom. The van der Waals surface area contributed by atoms with Crippen molar-refractivity contribution in [2.75, 3.05) is 32.8 Å². The molecule has 1 amide bonds. The van der Waals surface area contributed by atoms with E-state index in [0.29, 0.717) is 22.9 Å². The van der Waals surface area contributed by atoms with Gasteiger partial charge in [0.25, 0.3) is 5.91 Å². The van der Waals surface area contributed by atoms with Gasteiger partial charge in [0.05, 0.1) is 12.2 Å². The highest BCUT2D eigenvalue weighted by Gasteiger charge is 2.25. The first-order chi connectivity index (χ1) is 9.56. The monoisotopic (exact) mass is 296 g/mol. The van der Waals surface area contributed by atoms with Crippen LogP contribution in [0.15, 0.2) is 6.07 Å². The quantitative estimate of drug-likeness (QED) is 0.931. The van der Waals surface area contributed by atoms with Crippen LogP contribution >= 0.6 is 11.6 Å². The van der Waals surface area contributed by atoms with E-state index in [2.05, 4.69) is 5.32 Å². The molecule has 110 valence electrons. The van der Waals surface area contributed by atoms with E-state index in [9.17, 15) is 4.79 Å². The van der Waals surface area contributed by atoms with Gasteiger partial charge in [-0.1, -0.05) is 11.6 Å². The number of nitrogens with one attached hydrogen (secondary N) is 1. The van der Waals surface area contributed by atoms with E-state index in [1.165, 1.54) is 0 Å². The fraction of sp³-hybridized carbons (Fsp3) is 0.533. The highest BCUT2D eigenvalue weighted by molar-refractivity contribution is 6.32. The molecule has 1 aliphatic heterocycles. The summed E-state index contributed by atoms with van der Waals surface area (Å²) < 4.78 is 5.69. The van der Waals surface area contributed by atoms with Crippen LogP contribution in [0.5, 0.6) is 5.75 Å². The molecular weight excluding hydrogens is 276 g/mol. The number of hydrogen-bond acceptors (Lipinski definition) is 3. The molecule has 1 aliphatic rings. The number of nitrogens with zero attached hydrogens (tertiary/aromatic N) is 1. The van der Waals surface area contributed by atoms with Crippen LogP contribution in [-0.4, -0.2) is 43.6 Å². The Balaban J connectivity index is 2.44. The van der Waals surface area contributed by atoms with Crippen LogP contribution in [0.4, 0.5) is 0 Å². The predicted molar refractivity (Wildman–Crippen MR) is 80.9 cm³/mol. The summed E-state index contributed by atoms with van der Waals surface area (Å²) >= 11 is 6.24. The molecule has 0 bridgehead atoms. The van der Waals surface area contributed by atoms with Crippen LogP contribution in [0.25, 0.3) is 0 Å². The SMILES string of the molecule is CCOc1c(C)cc(Cl)c(C)c1C(=O)N1CCNCC1. The predicted octanol–water partition coefficient (Wildman–Crippen LogP) is 2.40. The Hall–Kier alpha value is -1.26. The van der Waals surface area contributed by atoms with Crippen LogP contribution in [0, 0.1) is 13.8 Å². The molecular formula is C15H21ClN2O2. The average molecular weight is 297 g/mol. The number of halogens is 1. The van der Waals surface area contributed by atoms with Crippen LogP contribution in [0.2, 0.25) is 5.02 Å². The van der Waals surface area contributed by atoms with Gasteiger partial charge in [-0.25, -0.2) is 0 Å². The molecule has 1 fully saturated rings. The van der Waals surface area contributed by atoms with E-state index >= 15 is 0 Å². The molecule has 1 aromatic carbocycles. The van der Waals surface area contributed by atoms with Gasteiger partial charge in [-0.05, 0) is 38.0 Å². The maximum atomic E-state index is 12.8. The number of rotatable bonds is 3. The molecule has 0 radical (unpaired) electrons. The van der Waals surface area contributed by atoms with Gasteiger partial charge in [-0.2, -0.15) is 0 Å². The van der Waals surface area contributed by atoms with Crippen LogP contribution in [0.3, 0.4) is 0 Å². The minimum atomic E-state index is 0.0121. The third-order valence-corrected chi connectivity index (χ3v) is 3.96. The summed E-state index contributed by atoms with van der Waals surface area (Å²) in [6.45, 7) is 9.34. The van der Waals surface area contributed by atoms with E-state index < -0.39 is 0 Å². The number of benzene rings is 1. The van der Waals surface area contributed by atoms with Gasteiger partial charge in [0.2, 0.25) is 0 Å². The first-order valence-corrected chi connectivity index (χ1v) is 7.36. The molecule has 1 saturated heterocycles. The van der Waals surface area contributed by atoms with Gasteiger partial charge in [0.1, 0.15) is 5.75 Å². The van der Waals surface area contributed by atoms with E-state index in [0.717, 1.165) is 37.3 Å². The number of carbonyl (C=O) groups is 1. The number of carbonyl (C=O) groups excluding carboxylic acids is 1. The van der Waals surface area contributed by atoms with E-state index in [1.54, 1.807) is 0 Å². The van der Waals surface area contributed by atoms with Crippen molar-refractivity contribution in [3.63, 3.8) is 0 Å². The molecule has 0 saturated carbocycles. The average Bonchev–Trinajstić information content (AvgIpc) is 2.45. The zero-order valence-electron chi connectivity index (χ0n) is 12.3. The molecule has 1 heterocycles. The smallest absolute Gasteiger partial charge is 0.258 e. The van der Waals surface area contributed by atoms with Crippen molar-refractivity contribution in [2.45, 2.75) is 20.8 Å². The fourth-order valence-electron chi connectivity index (χ4n) is 2.46. The maximum Gasteiger partial charge on any atom is 0.258 e. The molecule has 0 spiro atoms. The Morgan fingerprint density at radius 2 is 2.05 bits per heavy atom. The fourth-order valence-corrected chi connectivity index (χ4v) is 2.72. The Kier molecular flexibility index (Phi) is 4.89. The molecule has 0 atom stereocenters. The van der Waals surface area contributed by atoms with Crippen molar-refractivity contribution in [1.82, 2.24) is 10.2 Å². The summed E-state index contributed by atoms with van der Waals surface area (Å²) in [5.41, 5.74) is 2.31. The minimum absolute atomic E-state index is 0.0121. The summed E-state index contributed by atoms with van der Waals surface area (Å²) in [5, 5.41) is 3.86. The highest BCUT2D eigenvalue weighted by atomic mass is 35.5. The van der Waals surface area contributed by atoms with Crippen molar-refractivity contribution >= 4 is 17.5 Å². The van der Waals surface area contributed by atoms with Crippen molar-refractivity contribution in [3.05, 3.63) is 27.8 Å². The number of hydrogen-bond donors (Lipinski definition) is 1. The molecule has 0 unspecified atom stereocenters. The molecule has 5 heteroatoms. The molecule has 1 N–H and O–H groups in total. The second-order valence-corrected chi connectivity index (χ2v) is 5.39. The zero-order chi connectivity index (χ0) is 14.7. The second-order valence-electron chi connectivity index (χ2n) is 4.98. The van der Waals surface area contributed by atoms with Crippen molar-refractivity contribution in [2.24, 2.45) is 0 Å². The van der Waals surface area contributed by atoms with Gasteiger partial charge in [0, 0.05) is 31.2 Å². The lowest BCUT2D eigenvalue weighted by molar-refractivity contribution is 0.0730. The normalized spacial score (nSPS) is 15.3. The van der Waals surface area contributed by atoms with Gasteiger partial charge >= 0.3 is 0 Å². The van der Waals surface area contributed by atoms with Crippen molar-refractivity contribution < 1.29 is 9.53 Å². The zero-order valence-corrected chi connectivity index (χ0v) is 13.0. The highest BCUT2D eigenvalue weighted by Crippen LogP contribution is 2.33. The number of piperazine rings is 1. The van der Waals surface area contributed by atoms with Crippen LogP contribution in [0.1, 0.15) is 28.4 Å². The van der Waals surface area contributed by atoms with Crippen molar-refractivity contribution in [1.29, 1.82) is 0 Å². The van der Waals surface area contributed by atoms with E-state index in [-0.39, 0.29) is 5.91 Å². The standard InChI is InChI=1S/C15H21ClN2O2/c1-4-20-14-10(2)9-12(16)11(3)13(14)15(19)18-7-5-17-6-8-18/h9,17H,4-8H2,1-3H3. The van der Waals surface area contributed by atoms with Crippen LogP contribution < -0.4 is 10.1 Å². The number of aryl methyl sites for hydroxylation is 1. The first kappa shape index (κ1) is 15.1. The summed E-state index contributed by atoms with van der Waals surface area (Å²) in [4.78, 5) is 14.6. The van der Waals surface area contributed by atoms with Crippen molar-refractivity contribution in [3.8, 4) is 5.75 Å². The lowest BCUT2D eigenvalue weighted by atomic mass is 10.0. The number of ether oxygens (including phenoxy) is 1. The van der Waals surface area contributed by atoms with E-state index in [1.807, 2.05) is 31.7 Å². The lowest BCUT2D eigenvalue weighted by Gasteiger charge is -2.29. The summed E-state index contributed by atoms with van der Waals surface area (Å²) in [6, 6.07) is 1.86. The molecule has 4 nitrogen and oxygen atoms in total. The maximum absolute atomic E-state index is 12.8. The number of amides is 1. The molecule has 0 aromatic heterocycles. The van der Waals surface area contributed by atoms with Gasteiger partial charge in [-0.15, -0.1) is 0 Å². The van der Waals surface area contributed by atoms with Gasteiger partial charge < -0.3 is 15.0 Å². The Morgan fingerprint density at radius 1 is 1.40 bits per heavy atom. The van der Waals surface area contributed by atoms with Crippen LogP contribution in [-0.2, 0) is 0 Å². The minimum Gasteiger partial charge on any atom is -0.493 e. The summed E-state index contributed by atoms with van der Waals surface area (Å²) in [5.74, 6) is 0.677. The molecule has 1 aromatic rings.